The highest BCUT2D eigenvalue weighted by Crippen LogP contribution is 2.32. The molecule has 0 amide bonds. The molecule has 1 aliphatic rings. The van der Waals surface area contributed by atoms with E-state index in [0.29, 0.717) is 12.6 Å². The molecule has 0 radical (unpaired) electrons. The van der Waals surface area contributed by atoms with Gasteiger partial charge in [-0.3, -0.25) is 4.90 Å². The standard InChI is InChI=1S/C14H24BrN3S/c1-11(2)10-17-4-6-18(7-5-17)13(9-16)14-12(15)3-8-19-14/h3,8,11,13H,4-7,9-10,16H2,1-2H3. The van der Waals surface area contributed by atoms with Crippen molar-refractivity contribution in [1.29, 1.82) is 0 Å². The van der Waals surface area contributed by atoms with Crippen LogP contribution in [0.25, 0.3) is 0 Å². The molecule has 2 rings (SSSR count). The number of nitrogens with two attached hydrogens (primary N) is 1. The first-order valence-electron chi connectivity index (χ1n) is 7.01. The fourth-order valence-corrected chi connectivity index (χ4v) is 4.52. The van der Waals surface area contributed by atoms with Crippen LogP contribution in [-0.2, 0) is 0 Å². The van der Waals surface area contributed by atoms with E-state index in [1.165, 1.54) is 15.9 Å². The minimum absolute atomic E-state index is 0.371. The Hall–Kier alpha value is 0.0600. The van der Waals surface area contributed by atoms with E-state index in [2.05, 4.69) is 51.0 Å². The summed E-state index contributed by atoms with van der Waals surface area (Å²) in [5.74, 6) is 0.753. The zero-order valence-electron chi connectivity index (χ0n) is 11.8. The van der Waals surface area contributed by atoms with Crippen molar-refractivity contribution in [1.82, 2.24) is 9.80 Å². The Bertz CT molecular complexity index is 386. The summed E-state index contributed by atoms with van der Waals surface area (Å²) in [5.41, 5.74) is 6.01. The second-order valence-electron chi connectivity index (χ2n) is 5.61. The molecule has 0 spiro atoms. The molecule has 0 saturated carbocycles. The fraction of sp³-hybridized carbons (Fsp3) is 0.714. The highest BCUT2D eigenvalue weighted by molar-refractivity contribution is 9.10. The van der Waals surface area contributed by atoms with Crippen LogP contribution in [0.2, 0.25) is 0 Å². The topological polar surface area (TPSA) is 32.5 Å². The largest absolute Gasteiger partial charge is 0.329 e. The smallest absolute Gasteiger partial charge is 0.0576 e. The van der Waals surface area contributed by atoms with E-state index < -0.39 is 0 Å². The molecule has 1 aromatic heterocycles. The van der Waals surface area contributed by atoms with Crippen molar-refractivity contribution in [3.63, 3.8) is 0 Å². The maximum absolute atomic E-state index is 6.01. The van der Waals surface area contributed by atoms with Crippen LogP contribution in [-0.4, -0.2) is 49.1 Å². The van der Waals surface area contributed by atoms with E-state index in [4.69, 9.17) is 5.73 Å². The van der Waals surface area contributed by atoms with Crippen LogP contribution in [0.1, 0.15) is 24.8 Å². The molecule has 1 aromatic rings. The van der Waals surface area contributed by atoms with Crippen molar-refractivity contribution in [3.8, 4) is 0 Å². The van der Waals surface area contributed by atoms with Gasteiger partial charge in [-0.05, 0) is 33.3 Å². The molecule has 2 heterocycles. The SMILES string of the molecule is CC(C)CN1CCN(C(CN)c2sccc2Br)CC1. The lowest BCUT2D eigenvalue weighted by Crippen LogP contribution is -2.49. The van der Waals surface area contributed by atoms with Crippen LogP contribution in [0.4, 0.5) is 0 Å². The maximum atomic E-state index is 6.01. The number of piperazine rings is 1. The van der Waals surface area contributed by atoms with Gasteiger partial charge in [0.25, 0.3) is 0 Å². The summed E-state index contributed by atoms with van der Waals surface area (Å²) in [5, 5.41) is 2.14. The van der Waals surface area contributed by atoms with Crippen molar-refractivity contribution in [2.24, 2.45) is 11.7 Å². The summed E-state index contributed by atoms with van der Waals surface area (Å²) in [7, 11) is 0. The van der Waals surface area contributed by atoms with Gasteiger partial charge in [0.2, 0.25) is 0 Å². The van der Waals surface area contributed by atoms with Crippen molar-refractivity contribution < 1.29 is 0 Å². The van der Waals surface area contributed by atoms with Crippen LogP contribution < -0.4 is 5.73 Å². The number of thiophene rings is 1. The summed E-state index contributed by atoms with van der Waals surface area (Å²) in [6.45, 7) is 11.1. The summed E-state index contributed by atoms with van der Waals surface area (Å²) >= 11 is 5.44. The van der Waals surface area contributed by atoms with Gasteiger partial charge in [0.05, 0.1) is 6.04 Å². The predicted molar refractivity (Wildman–Crippen MR) is 86.7 cm³/mol. The zero-order valence-corrected chi connectivity index (χ0v) is 14.2. The number of hydrogen-bond acceptors (Lipinski definition) is 4. The average Bonchev–Trinajstić information content (AvgIpc) is 2.78. The van der Waals surface area contributed by atoms with E-state index in [1.807, 2.05) is 0 Å². The molecule has 1 unspecified atom stereocenters. The van der Waals surface area contributed by atoms with Crippen LogP contribution >= 0.6 is 27.3 Å². The highest BCUT2D eigenvalue weighted by Gasteiger charge is 2.26. The van der Waals surface area contributed by atoms with Gasteiger partial charge in [-0.1, -0.05) is 13.8 Å². The Kier molecular flexibility index (Phi) is 5.84. The minimum atomic E-state index is 0.371. The van der Waals surface area contributed by atoms with Crippen LogP contribution in [0.15, 0.2) is 15.9 Å². The molecule has 1 aliphatic heterocycles. The Morgan fingerprint density at radius 1 is 1.32 bits per heavy atom. The molecule has 0 bridgehead atoms. The van der Waals surface area contributed by atoms with Crippen LogP contribution in [0.5, 0.6) is 0 Å². The molecule has 108 valence electrons. The van der Waals surface area contributed by atoms with Gasteiger partial charge in [-0.15, -0.1) is 11.3 Å². The predicted octanol–water partition coefficient (Wildman–Crippen LogP) is 2.78. The Morgan fingerprint density at radius 2 is 2.00 bits per heavy atom. The summed E-state index contributed by atoms with van der Waals surface area (Å²) in [4.78, 5) is 6.48. The highest BCUT2D eigenvalue weighted by atomic mass is 79.9. The third-order valence-corrected chi connectivity index (χ3v) is 5.61. The van der Waals surface area contributed by atoms with Gasteiger partial charge in [0.15, 0.2) is 0 Å². The minimum Gasteiger partial charge on any atom is -0.329 e. The quantitative estimate of drug-likeness (QED) is 0.890. The lowest BCUT2D eigenvalue weighted by molar-refractivity contribution is 0.0922. The van der Waals surface area contributed by atoms with E-state index in [-0.39, 0.29) is 0 Å². The van der Waals surface area contributed by atoms with Gasteiger partial charge in [-0.25, -0.2) is 0 Å². The molecule has 1 saturated heterocycles. The lowest BCUT2D eigenvalue weighted by Gasteiger charge is -2.39. The number of rotatable bonds is 5. The van der Waals surface area contributed by atoms with Gasteiger partial charge in [0, 0.05) is 48.6 Å². The van der Waals surface area contributed by atoms with E-state index >= 15 is 0 Å². The van der Waals surface area contributed by atoms with Gasteiger partial charge >= 0.3 is 0 Å². The zero-order chi connectivity index (χ0) is 13.8. The molecular weight excluding hydrogens is 322 g/mol. The van der Waals surface area contributed by atoms with E-state index in [1.54, 1.807) is 11.3 Å². The second-order valence-corrected chi connectivity index (χ2v) is 7.42. The molecule has 0 aromatic carbocycles. The summed E-state index contributed by atoms with van der Waals surface area (Å²) < 4.78 is 1.21. The maximum Gasteiger partial charge on any atom is 0.0576 e. The monoisotopic (exact) mass is 345 g/mol. The van der Waals surface area contributed by atoms with Crippen molar-refractivity contribution in [2.45, 2.75) is 19.9 Å². The van der Waals surface area contributed by atoms with Crippen molar-refractivity contribution in [2.75, 3.05) is 39.3 Å². The normalized spacial score (nSPS) is 20.1. The molecule has 1 fully saturated rings. The number of nitrogens with zero attached hydrogens (tertiary/aromatic N) is 2. The second kappa shape index (κ2) is 7.18. The van der Waals surface area contributed by atoms with E-state index in [0.717, 1.165) is 32.1 Å². The Morgan fingerprint density at radius 3 is 2.47 bits per heavy atom. The van der Waals surface area contributed by atoms with Gasteiger partial charge in [0.1, 0.15) is 0 Å². The third kappa shape index (κ3) is 4.02. The molecule has 19 heavy (non-hydrogen) atoms. The number of halogens is 1. The van der Waals surface area contributed by atoms with Gasteiger partial charge < -0.3 is 10.6 Å². The first-order valence-corrected chi connectivity index (χ1v) is 8.68. The van der Waals surface area contributed by atoms with Crippen molar-refractivity contribution >= 4 is 27.3 Å². The van der Waals surface area contributed by atoms with Crippen molar-refractivity contribution in [3.05, 3.63) is 20.8 Å². The molecular formula is C14H24BrN3S. The first kappa shape index (κ1) is 15.4. The molecule has 5 heteroatoms. The molecule has 0 aliphatic carbocycles. The summed E-state index contributed by atoms with van der Waals surface area (Å²) in [6.07, 6.45) is 0. The average molecular weight is 346 g/mol. The molecule has 3 nitrogen and oxygen atoms in total. The van der Waals surface area contributed by atoms with Crippen LogP contribution in [0.3, 0.4) is 0 Å². The lowest BCUT2D eigenvalue weighted by atomic mass is 10.1. The van der Waals surface area contributed by atoms with E-state index in [9.17, 15) is 0 Å². The number of hydrogen-bond donors (Lipinski definition) is 1. The fourth-order valence-electron chi connectivity index (χ4n) is 2.74. The Labute approximate surface area is 128 Å². The van der Waals surface area contributed by atoms with Crippen LogP contribution in [0, 0.1) is 5.92 Å². The molecule has 1 atom stereocenters. The third-order valence-electron chi connectivity index (χ3n) is 3.64. The first-order chi connectivity index (χ1) is 9.11. The molecule has 2 N–H and O–H groups in total. The van der Waals surface area contributed by atoms with Gasteiger partial charge in [-0.2, -0.15) is 0 Å². The Balaban J connectivity index is 1.94. The summed E-state index contributed by atoms with van der Waals surface area (Å²) in [6, 6.07) is 2.49.